The molecule has 2 atom stereocenters. The first kappa shape index (κ1) is 17.4. The van der Waals surface area contributed by atoms with Crippen molar-refractivity contribution >= 4 is 5.91 Å². The summed E-state index contributed by atoms with van der Waals surface area (Å²) in [6, 6.07) is 0. The van der Waals surface area contributed by atoms with E-state index < -0.39 is 5.54 Å². The maximum Gasteiger partial charge on any atom is 0.243 e. The summed E-state index contributed by atoms with van der Waals surface area (Å²) in [6.07, 6.45) is 4.22. The number of nitrogens with zero attached hydrogens (tertiary/aromatic N) is 1. The molecular formula is C16H32N2O2. The number of carbonyl (C=O) groups is 1. The Balaban J connectivity index is 2.56. The largest absolute Gasteiger partial charge is 0.380 e. The highest BCUT2D eigenvalue weighted by atomic mass is 16.5. The molecule has 0 aliphatic carbocycles. The highest BCUT2D eigenvalue weighted by molar-refractivity contribution is 5.88. The van der Waals surface area contributed by atoms with Crippen LogP contribution in [0.1, 0.15) is 60.3 Å². The predicted octanol–water partition coefficient (Wildman–Crippen LogP) is 2.78. The monoisotopic (exact) mass is 284 g/mol. The summed E-state index contributed by atoms with van der Waals surface area (Å²) >= 11 is 0. The van der Waals surface area contributed by atoms with Crippen LogP contribution >= 0.6 is 0 Å². The number of amides is 1. The molecule has 4 nitrogen and oxygen atoms in total. The second-order valence-corrected chi connectivity index (χ2v) is 6.44. The van der Waals surface area contributed by atoms with Gasteiger partial charge in [0.05, 0.1) is 18.3 Å². The zero-order valence-electron chi connectivity index (χ0n) is 13.9. The molecule has 1 saturated heterocycles. The molecule has 0 aromatic heterocycles. The first-order valence-electron chi connectivity index (χ1n) is 8.11. The molecule has 0 bridgehead atoms. The summed E-state index contributed by atoms with van der Waals surface area (Å²) in [7, 11) is 0. The van der Waals surface area contributed by atoms with E-state index >= 15 is 0 Å². The third kappa shape index (κ3) is 4.45. The van der Waals surface area contributed by atoms with E-state index in [4.69, 9.17) is 4.74 Å². The molecule has 4 heteroatoms. The highest BCUT2D eigenvalue weighted by Crippen LogP contribution is 2.26. The van der Waals surface area contributed by atoms with Crippen LogP contribution in [0.4, 0.5) is 0 Å². The maximum absolute atomic E-state index is 12.6. The van der Waals surface area contributed by atoms with Crippen molar-refractivity contribution in [3.8, 4) is 0 Å². The minimum Gasteiger partial charge on any atom is -0.380 e. The van der Waals surface area contributed by atoms with Crippen molar-refractivity contribution in [2.45, 2.75) is 72.0 Å². The average molecular weight is 284 g/mol. The Kier molecular flexibility index (Phi) is 6.96. The van der Waals surface area contributed by atoms with Crippen molar-refractivity contribution in [1.82, 2.24) is 10.2 Å². The van der Waals surface area contributed by atoms with Crippen LogP contribution in [-0.2, 0) is 9.53 Å². The van der Waals surface area contributed by atoms with Crippen LogP contribution in [0.5, 0.6) is 0 Å². The van der Waals surface area contributed by atoms with E-state index in [0.29, 0.717) is 19.1 Å². The van der Waals surface area contributed by atoms with E-state index in [1.807, 2.05) is 11.8 Å². The summed E-state index contributed by atoms with van der Waals surface area (Å²) in [5, 5.41) is 3.52. The van der Waals surface area contributed by atoms with Crippen molar-refractivity contribution in [2.75, 3.05) is 19.8 Å². The van der Waals surface area contributed by atoms with E-state index in [-0.39, 0.29) is 12.1 Å². The van der Waals surface area contributed by atoms with Gasteiger partial charge in [0.1, 0.15) is 0 Å². The lowest BCUT2D eigenvalue weighted by Crippen LogP contribution is -2.44. The van der Waals surface area contributed by atoms with E-state index in [9.17, 15) is 4.79 Å². The number of hydrogen-bond acceptors (Lipinski definition) is 3. The van der Waals surface area contributed by atoms with Gasteiger partial charge in [-0.05, 0) is 32.1 Å². The normalized spacial score (nSPS) is 26.8. The molecule has 1 rings (SSSR count). The third-order valence-corrected chi connectivity index (χ3v) is 4.11. The lowest BCUT2D eigenvalue weighted by Gasteiger charge is -2.25. The SMILES string of the molecule is CCCCOCCN1C(=O)C(C)(CC)NC1CC(C)C. The maximum atomic E-state index is 12.6. The molecule has 0 aromatic rings. The summed E-state index contributed by atoms with van der Waals surface area (Å²) in [6.45, 7) is 12.8. The molecule has 0 spiro atoms. The Labute approximate surface area is 124 Å². The number of nitrogens with one attached hydrogen (secondary N) is 1. The number of rotatable bonds is 9. The van der Waals surface area contributed by atoms with Crippen LogP contribution < -0.4 is 5.32 Å². The first-order valence-corrected chi connectivity index (χ1v) is 8.11. The Bertz CT molecular complexity index is 307. The number of ether oxygens (including phenoxy) is 1. The fraction of sp³-hybridized carbons (Fsp3) is 0.938. The van der Waals surface area contributed by atoms with Gasteiger partial charge in [0.25, 0.3) is 0 Å². The Hall–Kier alpha value is -0.610. The Morgan fingerprint density at radius 2 is 2.05 bits per heavy atom. The van der Waals surface area contributed by atoms with Crippen molar-refractivity contribution in [3.63, 3.8) is 0 Å². The topological polar surface area (TPSA) is 41.6 Å². The second-order valence-electron chi connectivity index (χ2n) is 6.44. The van der Waals surface area contributed by atoms with Gasteiger partial charge in [0.15, 0.2) is 0 Å². The van der Waals surface area contributed by atoms with Gasteiger partial charge in [0, 0.05) is 13.2 Å². The first-order chi connectivity index (χ1) is 9.44. The molecule has 2 unspecified atom stereocenters. The minimum absolute atomic E-state index is 0.155. The minimum atomic E-state index is -0.400. The molecule has 1 fully saturated rings. The van der Waals surface area contributed by atoms with E-state index in [0.717, 1.165) is 32.3 Å². The van der Waals surface area contributed by atoms with Crippen LogP contribution in [0.15, 0.2) is 0 Å². The van der Waals surface area contributed by atoms with E-state index in [1.54, 1.807) is 0 Å². The molecule has 20 heavy (non-hydrogen) atoms. The highest BCUT2D eigenvalue weighted by Gasteiger charge is 2.46. The molecule has 0 radical (unpaired) electrons. The number of unbranched alkanes of at least 4 members (excludes halogenated alkanes) is 1. The zero-order chi connectivity index (χ0) is 15.2. The summed E-state index contributed by atoms with van der Waals surface area (Å²) in [4.78, 5) is 14.6. The van der Waals surface area contributed by atoms with Gasteiger partial charge in [-0.25, -0.2) is 0 Å². The summed E-state index contributed by atoms with van der Waals surface area (Å²) in [5.41, 5.74) is -0.400. The van der Waals surface area contributed by atoms with Gasteiger partial charge in [0.2, 0.25) is 5.91 Å². The quantitative estimate of drug-likeness (QED) is 0.662. The summed E-state index contributed by atoms with van der Waals surface area (Å²) in [5.74, 6) is 0.799. The van der Waals surface area contributed by atoms with Gasteiger partial charge < -0.3 is 9.64 Å². The standard InChI is InChI=1S/C16H32N2O2/c1-6-8-10-20-11-9-18-14(12-13(3)4)17-16(5,7-2)15(18)19/h13-14,17H,6-12H2,1-5H3. The fourth-order valence-corrected chi connectivity index (χ4v) is 2.62. The van der Waals surface area contributed by atoms with Crippen LogP contribution in [0.2, 0.25) is 0 Å². The number of hydrogen-bond donors (Lipinski definition) is 1. The fourth-order valence-electron chi connectivity index (χ4n) is 2.62. The van der Waals surface area contributed by atoms with Gasteiger partial charge in [-0.3, -0.25) is 10.1 Å². The predicted molar refractivity (Wildman–Crippen MR) is 82.5 cm³/mol. The van der Waals surface area contributed by atoms with Gasteiger partial charge >= 0.3 is 0 Å². The van der Waals surface area contributed by atoms with E-state index in [2.05, 4.69) is 33.0 Å². The van der Waals surface area contributed by atoms with Crippen molar-refractivity contribution in [1.29, 1.82) is 0 Å². The second kappa shape index (κ2) is 7.99. The Morgan fingerprint density at radius 3 is 2.60 bits per heavy atom. The van der Waals surface area contributed by atoms with Crippen molar-refractivity contribution in [3.05, 3.63) is 0 Å². The van der Waals surface area contributed by atoms with Crippen LogP contribution in [-0.4, -0.2) is 42.3 Å². The van der Waals surface area contributed by atoms with Gasteiger partial charge in [-0.1, -0.05) is 34.1 Å². The van der Waals surface area contributed by atoms with E-state index in [1.165, 1.54) is 0 Å². The lowest BCUT2D eigenvalue weighted by atomic mass is 9.99. The van der Waals surface area contributed by atoms with Crippen molar-refractivity contribution in [2.24, 2.45) is 5.92 Å². The lowest BCUT2D eigenvalue weighted by molar-refractivity contribution is -0.133. The summed E-state index contributed by atoms with van der Waals surface area (Å²) < 4.78 is 5.62. The molecule has 1 amide bonds. The molecule has 1 aliphatic heterocycles. The van der Waals surface area contributed by atoms with Gasteiger partial charge in [-0.2, -0.15) is 0 Å². The van der Waals surface area contributed by atoms with Crippen LogP contribution in [0.3, 0.4) is 0 Å². The molecular weight excluding hydrogens is 252 g/mol. The van der Waals surface area contributed by atoms with Crippen LogP contribution in [0.25, 0.3) is 0 Å². The molecule has 1 aliphatic rings. The molecule has 1 N–H and O–H groups in total. The average Bonchev–Trinajstić information content (AvgIpc) is 2.62. The van der Waals surface area contributed by atoms with Crippen molar-refractivity contribution < 1.29 is 9.53 Å². The molecule has 118 valence electrons. The zero-order valence-corrected chi connectivity index (χ0v) is 13.9. The van der Waals surface area contributed by atoms with Gasteiger partial charge in [-0.15, -0.1) is 0 Å². The molecule has 1 heterocycles. The third-order valence-electron chi connectivity index (χ3n) is 4.11. The Morgan fingerprint density at radius 1 is 1.35 bits per heavy atom. The number of carbonyl (C=O) groups excluding carboxylic acids is 1. The molecule has 0 saturated carbocycles. The molecule has 0 aromatic carbocycles. The smallest absolute Gasteiger partial charge is 0.243 e. The van der Waals surface area contributed by atoms with Crippen LogP contribution in [0, 0.1) is 5.92 Å².